The summed E-state index contributed by atoms with van der Waals surface area (Å²) < 4.78 is 50.3. The molecule has 3 saturated heterocycles. The molecule has 2 aromatic heterocycles. The largest absolute Gasteiger partial charge is 0.494 e. The summed E-state index contributed by atoms with van der Waals surface area (Å²) in [6.07, 6.45) is 8.42. The maximum atomic E-state index is 15.1. The fourth-order valence-corrected chi connectivity index (χ4v) is 10.8. The molecule has 3 aliphatic rings. The van der Waals surface area contributed by atoms with E-state index in [0.29, 0.717) is 68.6 Å². The van der Waals surface area contributed by atoms with Crippen LogP contribution in [0, 0.1) is 11.6 Å². The van der Waals surface area contributed by atoms with Crippen LogP contribution in [0.4, 0.5) is 37.6 Å². The van der Waals surface area contributed by atoms with Crippen molar-refractivity contribution in [2.75, 3.05) is 81.8 Å². The Balaban J connectivity index is 0.868. The highest BCUT2D eigenvalue weighted by Crippen LogP contribution is 2.42. The van der Waals surface area contributed by atoms with Gasteiger partial charge in [-0.3, -0.25) is 29.8 Å². The second kappa shape index (κ2) is 18.9. The number of methoxy groups -OCH3 is 1. The molecule has 0 aliphatic carbocycles. The Hall–Kier alpha value is -5.09. The van der Waals surface area contributed by atoms with E-state index < -0.39 is 36.5 Å². The maximum absolute atomic E-state index is 15.1. The lowest BCUT2D eigenvalue weighted by Crippen LogP contribution is -2.53. The molecular weight excluding hydrogens is 893 g/mol. The number of nitrogens with one attached hydrogen (secondary N) is 3. The molecule has 14 nitrogen and oxygen atoms in total. The molecule has 3 aliphatic heterocycles. The van der Waals surface area contributed by atoms with E-state index in [-0.39, 0.29) is 18.4 Å². The van der Waals surface area contributed by atoms with Crippen molar-refractivity contribution in [1.29, 1.82) is 0 Å². The molecule has 3 N–H and O–H groups in total. The fraction of sp³-hybridized carbons (Fsp3) is 0.422. The number of piperazine rings is 1. The van der Waals surface area contributed by atoms with Crippen molar-refractivity contribution in [2.24, 2.45) is 0 Å². The van der Waals surface area contributed by atoms with Gasteiger partial charge in [0.15, 0.2) is 0 Å². The molecule has 332 valence electrons. The van der Waals surface area contributed by atoms with E-state index in [1.165, 1.54) is 17.7 Å². The first-order valence-corrected chi connectivity index (χ1v) is 24.8. The molecule has 0 unspecified atom stereocenters. The van der Waals surface area contributed by atoms with E-state index in [0.717, 1.165) is 69.9 Å². The third kappa shape index (κ3) is 9.86. The molecule has 0 radical (unpaired) electrons. The van der Waals surface area contributed by atoms with Crippen molar-refractivity contribution in [3.05, 3.63) is 87.8 Å². The number of amides is 2. The number of ether oxygens (including phenoxy) is 1. The highest BCUT2D eigenvalue weighted by molar-refractivity contribution is 9.10. The van der Waals surface area contributed by atoms with Gasteiger partial charge in [-0.15, -0.1) is 0 Å². The number of fused-ring (bicyclic) bond motifs is 1. The lowest BCUT2D eigenvalue weighted by atomic mass is 9.89. The number of carbonyl (C=O) groups excluding carboxylic acids is 2. The summed E-state index contributed by atoms with van der Waals surface area (Å²) in [5, 5.41) is 9.54. The van der Waals surface area contributed by atoms with E-state index in [1.54, 1.807) is 39.0 Å². The second-order valence-electron chi connectivity index (χ2n) is 16.7. The van der Waals surface area contributed by atoms with Gasteiger partial charge in [0.1, 0.15) is 35.9 Å². The lowest BCUT2D eigenvalue weighted by Gasteiger charge is -2.43. The van der Waals surface area contributed by atoms with Gasteiger partial charge >= 0.3 is 0 Å². The van der Waals surface area contributed by atoms with Crippen LogP contribution in [0.25, 0.3) is 11.0 Å². The average molecular weight is 946 g/mol. The molecule has 0 spiro atoms. The van der Waals surface area contributed by atoms with Gasteiger partial charge in [-0.1, -0.05) is 6.92 Å². The van der Waals surface area contributed by atoms with Gasteiger partial charge in [0.2, 0.25) is 17.8 Å². The average Bonchev–Trinajstić information content (AvgIpc) is 3.27. The highest BCUT2D eigenvalue weighted by Gasteiger charge is 2.33. The lowest BCUT2D eigenvalue weighted by molar-refractivity contribution is -0.134. The Morgan fingerprint density at radius 3 is 2.33 bits per heavy atom. The maximum Gasteiger partial charge on any atom is 0.234 e. The van der Waals surface area contributed by atoms with Crippen molar-refractivity contribution in [3.8, 4) is 5.75 Å². The first-order chi connectivity index (χ1) is 30.3. The van der Waals surface area contributed by atoms with Gasteiger partial charge in [0, 0.05) is 94.2 Å². The first-order valence-electron chi connectivity index (χ1n) is 21.4. The van der Waals surface area contributed by atoms with Crippen LogP contribution in [0.1, 0.15) is 55.2 Å². The van der Waals surface area contributed by atoms with Gasteiger partial charge in [-0.2, -0.15) is 4.98 Å². The molecule has 2 amide bonds. The second-order valence-corrected chi connectivity index (χ2v) is 20.7. The molecule has 5 aromatic rings. The SMILES string of the molecule is CCc1cc(Nc2ncc(Br)c(Nc3ccc4nccnc4c3P(C)(C)=O)n2)c(OC)cc1N1CCC(N2CCN(CCc3cc(F)c([C@H]4CCC(=O)NC4=O)c(F)c3)CC2)CC1. The van der Waals surface area contributed by atoms with E-state index in [1.807, 2.05) is 12.1 Å². The van der Waals surface area contributed by atoms with Crippen molar-refractivity contribution in [3.63, 3.8) is 0 Å². The summed E-state index contributed by atoms with van der Waals surface area (Å²) in [4.78, 5) is 49.4. The normalized spacial score (nSPS) is 18.1. The van der Waals surface area contributed by atoms with Crippen molar-refractivity contribution >= 4 is 80.1 Å². The van der Waals surface area contributed by atoms with Crippen LogP contribution in [-0.2, 0) is 27.0 Å². The number of benzene rings is 3. The first kappa shape index (κ1) is 44.5. The van der Waals surface area contributed by atoms with Crippen LogP contribution in [-0.4, -0.2) is 114 Å². The molecular formula is C45H52BrF2N10O4P. The number of halogens is 3. The number of hydrogen-bond donors (Lipinski definition) is 3. The summed E-state index contributed by atoms with van der Waals surface area (Å²) in [5.74, 6) is -2.01. The van der Waals surface area contributed by atoms with Crippen molar-refractivity contribution in [2.45, 2.75) is 57.4 Å². The quantitative estimate of drug-likeness (QED) is 0.0811. The molecule has 0 saturated carbocycles. The van der Waals surface area contributed by atoms with Gasteiger partial charge in [-0.25, -0.2) is 13.8 Å². The molecule has 3 fully saturated rings. The number of piperidine rings is 2. The van der Waals surface area contributed by atoms with Crippen molar-refractivity contribution in [1.82, 2.24) is 35.1 Å². The fourth-order valence-electron chi connectivity index (χ4n) is 9.08. The van der Waals surface area contributed by atoms with Gasteiger partial charge in [-0.05, 0) is 103 Å². The van der Waals surface area contributed by atoms with Crippen LogP contribution < -0.4 is 30.9 Å². The molecule has 18 heteroatoms. The number of rotatable bonds is 13. The third-order valence-corrected chi connectivity index (χ3v) is 14.5. The zero-order valence-electron chi connectivity index (χ0n) is 35.9. The van der Waals surface area contributed by atoms with Gasteiger partial charge in [0.25, 0.3) is 0 Å². The van der Waals surface area contributed by atoms with Crippen LogP contribution in [0.5, 0.6) is 5.75 Å². The standard InChI is InChI=1S/C45H52BrF2N10O4P/c1-5-28-24-36(53-45-51-26-31(46)43(55-45)52-35-8-7-34-41(50-14-13-49-34)42(35)63(3,4)61)38(62-2)25-37(28)58-16-11-29(12-17-58)57-20-18-56(19-21-57)15-10-27-22-32(47)40(33(48)23-27)30-6-9-39(59)54-44(30)60/h7-8,13-14,22-26,29-30H,5-6,9-12,15-21H2,1-4H3,(H,54,59,60)(H2,51,52,53,55)/t30-/m1/s1. The third-order valence-electron chi connectivity index (χ3n) is 12.3. The summed E-state index contributed by atoms with van der Waals surface area (Å²) in [7, 11) is -1.13. The van der Waals surface area contributed by atoms with E-state index in [4.69, 9.17) is 9.72 Å². The monoisotopic (exact) mass is 944 g/mol. The number of aryl methyl sites for hydroxylation is 1. The molecule has 8 rings (SSSR count). The minimum atomic E-state index is -2.79. The van der Waals surface area contributed by atoms with Crippen LogP contribution in [0.3, 0.4) is 0 Å². The molecule has 1 atom stereocenters. The van der Waals surface area contributed by atoms with Gasteiger partial charge in [0.05, 0.1) is 39.7 Å². The molecule has 3 aromatic carbocycles. The number of imide groups is 1. The Labute approximate surface area is 374 Å². The van der Waals surface area contributed by atoms with Crippen LogP contribution in [0.15, 0.2) is 59.5 Å². The topological polar surface area (TPSA) is 158 Å². The summed E-state index contributed by atoms with van der Waals surface area (Å²) in [6.45, 7) is 11.7. The minimum Gasteiger partial charge on any atom is -0.494 e. The van der Waals surface area contributed by atoms with E-state index in [2.05, 4.69) is 80.6 Å². The molecule has 0 bridgehead atoms. The van der Waals surface area contributed by atoms with Crippen LogP contribution in [0.2, 0.25) is 0 Å². The van der Waals surface area contributed by atoms with E-state index in [9.17, 15) is 14.2 Å². The Morgan fingerprint density at radius 1 is 0.921 bits per heavy atom. The highest BCUT2D eigenvalue weighted by atomic mass is 79.9. The number of aromatic nitrogens is 4. The predicted octanol–water partition coefficient (Wildman–Crippen LogP) is 7.12. The number of anilines is 5. The number of carbonyl (C=O) groups is 2. The van der Waals surface area contributed by atoms with E-state index >= 15 is 8.78 Å². The predicted molar refractivity (Wildman–Crippen MR) is 246 cm³/mol. The number of nitrogens with zero attached hydrogens (tertiary/aromatic N) is 7. The smallest absolute Gasteiger partial charge is 0.234 e. The number of hydrogen-bond acceptors (Lipinski definition) is 13. The summed E-state index contributed by atoms with van der Waals surface area (Å²) in [6, 6.07) is 11.0. The van der Waals surface area contributed by atoms with Gasteiger partial charge < -0.3 is 29.7 Å². The summed E-state index contributed by atoms with van der Waals surface area (Å²) in [5.41, 5.74) is 5.25. The Morgan fingerprint density at radius 2 is 1.65 bits per heavy atom. The van der Waals surface area contributed by atoms with Crippen LogP contribution >= 0.6 is 23.1 Å². The summed E-state index contributed by atoms with van der Waals surface area (Å²) >= 11 is 3.58. The van der Waals surface area contributed by atoms with Crippen molar-refractivity contribution < 1.29 is 27.7 Å². The zero-order valence-corrected chi connectivity index (χ0v) is 38.4. The Bertz CT molecular complexity index is 2560. The Kier molecular flexibility index (Phi) is 13.4. The zero-order chi connectivity index (χ0) is 44.4. The molecule has 5 heterocycles. The molecule has 63 heavy (non-hydrogen) atoms. The minimum absolute atomic E-state index is 0.0634.